The average Bonchev–Trinajstić information content (AvgIpc) is 2.88. The summed E-state index contributed by atoms with van der Waals surface area (Å²) >= 11 is 0. The molecule has 0 aliphatic heterocycles. The first-order valence-corrected chi connectivity index (χ1v) is 12.8. The van der Waals surface area contributed by atoms with Crippen molar-refractivity contribution in [1.29, 1.82) is 0 Å². The molecule has 4 aromatic carbocycles. The van der Waals surface area contributed by atoms with E-state index in [9.17, 15) is 9.59 Å². The molecule has 1 unspecified atom stereocenters. The van der Waals surface area contributed by atoms with Crippen LogP contribution in [0.25, 0.3) is 10.8 Å². The monoisotopic (exact) mass is 495 g/mol. The molecule has 190 valence electrons. The fourth-order valence-corrected chi connectivity index (χ4v) is 4.63. The smallest absolute Gasteiger partial charge is 0.303 e. The summed E-state index contributed by atoms with van der Waals surface area (Å²) < 4.78 is 6.02. The van der Waals surface area contributed by atoms with Crippen molar-refractivity contribution in [2.24, 2.45) is 5.92 Å². The average molecular weight is 496 g/mol. The Hall–Kier alpha value is -4.12. The Morgan fingerprint density at radius 3 is 2.35 bits per heavy atom. The number of ether oxygens (including phenoxy) is 1. The number of anilines is 1. The van der Waals surface area contributed by atoms with E-state index in [-0.39, 0.29) is 18.2 Å². The van der Waals surface area contributed by atoms with Crippen molar-refractivity contribution in [3.63, 3.8) is 0 Å². The van der Waals surface area contributed by atoms with Gasteiger partial charge >= 0.3 is 5.97 Å². The van der Waals surface area contributed by atoms with Crippen LogP contribution in [0.15, 0.2) is 91.0 Å². The topological polar surface area (TPSA) is 75.6 Å². The van der Waals surface area contributed by atoms with E-state index in [0.29, 0.717) is 42.4 Å². The molecule has 0 aliphatic rings. The number of amides is 1. The van der Waals surface area contributed by atoms with Gasteiger partial charge in [0.25, 0.3) is 0 Å². The normalized spacial score (nSPS) is 11.9. The molecule has 0 saturated heterocycles. The molecule has 0 aliphatic carbocycles. The Balaban J connectivity index is 1.66. The van der Waals surface area contributed by atoms with E-state index in [1.165, 1.54) is 0 Å². The maximum absolute atomic E-state index is 13.9. The molecule has 1 atom stereocenters. The predicted octanol–water partition coefficient (Wildman–Crippen LogP) is 7.81. The molecule has 4 aromatic rings. The van der Waals surface area contributed by atoms with Crippen LogP contribution >= 0.6 is 0 Å². The number of carboxylic acid groups (broad SMARTS) is 1. The van der Waals surface area contributed by atoms with Gasteiger partial charge in [0.15, 0.2) is 0 Å². The molecular formula is C32H33NO4. The minimum Gasteiger partial charge on any atom is -0.481 e. The van der Waals surface area contributed by atoms with Gasteiger partial charge in [0.05, 0.1) is 5.92 Å². The molecule has 1 amide bonds. The van der Waals surface area contributed by atoms with Crippen molar-refractivity contribution in [3.8, 4) is 11.5 Å². The number of fused-ring (bicyclic) bond motifs is 1. The SMILES string of the molecule is CC(C)CC(C(=O)Nc1cc(Oc2ccccc2)ccc1CCCC(=O)O)c1cccc2ccccc12. The van der Waals surface area contributed by atoms with Gasteiger partial charge in [-0.3, -0.25) is 9.59 Å². The predicted molar refractivity (Wildman–Crippen MR) is 148 cm³/mol. The third kappa shape index (κ3) is 6.98. The van der Waals surface area contributed by atoms with E-state index < -0.39 is 5.97 Å². The van der Waals surface area contributed by atoms with E-state index in [1.807, 2.05) is 72.8 Å². The second kappa shape index (κ2) is 12.2. The molecule has 2 N–H and O–H groups in total. The zero-order chi connectivity index (χ0) is 26.2. The van der Waals surface area contributed by atoms with Crippen molar-refractivity contribution in [2.75, 3.05) is 5.32 Å². The van der Waals surface area contributed by atoms with Gasteiger partial charge in [-0.2, -0.15) is 0 Å². The summed E-state index contributed by atoms with van der Waals surface area (Å²) in [5.41, 5.74) is 2.54. The van der Waals surface area contributed by atoms with Crippen LogP contribution in [0.5, 0.6) is 11.5 Å². The first-order valence-electron chi connectivity index (χ1n) is 12.8. The van der Waals surface area contributed by atoms with E-state index in [2.05, 4.69) is 37.4 Å². The van der Waals surface area contributed by atoms with Crippen molar-refractivity contribution < 1.29 is 19.4 Å². The Bertz CT molecular complexity index is 1360. The number of para-hydroxylation sites is 1. The lowest BCUT2D eigenvalue weighted by atomic mass is 9.86. The zero-order valence-electron chi connectivity index (χ0n) is 21.3. The van der Waals surface area contributed by atoms with Crippen LogP contribution in [0.2, 0.25) is 0 Å². The third-order valence-corrected chi connectivity index (χ3v) is 6.38. The number of benzene rings is 4. The van der Waals surface area contributed by atoms with Crippen LogP contribution in [-0.4, -0.2) is 17.0 Å². The Morgan fingerprint density at radius 2 is 1.59 bits per heavy atom. The molecule has 5 heteroatoms. The summed E-state index contributed by atoms with van der Waals surface area (Å²) in [6.45, 7) is 4.24. The molecule has 5 nitrogen and oxygen atoms in total. The quantitative estimate of drug-likeness (QED) is 0.222. The second-order valence-electron chi connectivity index (χ2n) is 9.72. The molecule has 0 spiro atoms. The van der Waals surface area contributed by atoms with Crippen LogP contribution < -0.4 is 10.1 Å². The van der Waals surface area contributed by atoms with E-state index in [1.54, 1.807) is 0 Å². The molecule has 0 aromatic heterocycles. The third-order valence-electron chi connectivity index (χ3n) is 6.38. The van der Waals surface area contributed by atoms with Crippen molar-refractivity contribution in [2.45, 2.75) is 45.4 Å². The Labute approximate surface area is 218 Å². The highest BCUT2D eigenvalue weighted by Gasteiger charge is 2.24. The summed E-state index contributed by atoms with van der Waals surface area (Å²) in [6.07, 6.45) is 1.79. The molecule has 0 heterocycles. The van der Waals surface area contributed by atoms with Crippen molar-refractivity contribution in [1.82, 2.24) is 0 Å². The molecule has 0 radical (unpaired) electrons. The molecule has 4 rings (SSSR count). The van der Waals surface area contributed by atoms with Crippen LogP contribution in [-0.2, 0) is 16.0 Å². The highest BCUT2D eigenvalue weighted by molar-refractivity contribution is 6.00. The first-order chi connectivity index (χ1) is 17.9. The van der Waals surface area contributed by atoms with Gasteiger partial charge in [-0.15, -0.1) is 0 Å². The highest BCUT2D eigenvalue weighted by Crippen LogP contribution is 2.33. The number of aliphatic carboxylic acids is 1. The minimum atomic E-state index is -0.831. The van der Waals surface area contributed by atoms with Crippen LogP contribution in [0.3, 0.4) is 0 Å². The number of carboxylic acids is 1. The largest absolute Gasteiger partial charge is 0.481 e. The second-order valence-corrected chi connectivity index (χ2v) is 9.72. The number of aryl methyl sites for hydroxylation is 1. The number of carbonyl (C=O) groups is 2. The van der Waals surface area contributed by atoms with Crippen molar-refractivity contribution in [3.05, 3.63) is 102 Å². The van der Waals surface area contributed by atoms with Gasteiger partial charge in [-0.1, -0.05) is 80.6 Å². The van der Waals surface area contributed by atoms with Crippen molar-refractivity contribution >= 4 is 28.3 Å². The lowest BCUT2D eigenvalue weighted by molar-refractivity contribution is -0.137. The van der Waals surface area contributed by atoms with E-state index in [0.717, 1.165) is 21.9 Å². The maximum atomic E-state index is 13.9. The van der Waals surface area contributed by atoms with Gasteiger partial charge < -0.3 is 15.2 Å². The van der Waals surface area contributed by atoms with Gasteiger partial charge in [-0.05, 0) is 65.3 Å². The number of rotatable bonds is 11. The summed E-state index contributed by atoms with van der Waals surface area (Å²) in [5, 5.41) is 14.5. The van der Waals surface area contributed by atoms with E-state index in [4.69, 9.17) is 9.84 Å². The number of hydrogen-bond acceptors (Lipinski definition) is 3. The number of carbonyl (C=O) groups excluding carboxylic acids is 1. The summed E-state index contributed by atoms with van der Waals surface area (Å²) in [7, 11) is 0. The van der Waals surface area contributed by atoms with Crippen LogP contribution in [0.4, 0.5) is 5.69 Å². The minimum absolute atomic E-state index is 0.0711. The molecule has 37 heavy (non-hydrogen) atoms. The van der Waals surface area contributed by atoms with Gasteiger partial charge in [-0.25, -0.2) is 0 Å². The number of hydrogen-bond donors (Lipinski definition) is 2. The maximum Gasteiger partial charge on any atom is 0.303 e. The van der Waals surface area contributed by atoms with Gasteiger partial charge in [0.2, 0.25) is 5.91 Å². The highest BCUT2D eigenvalue weighted by atomic mass is 16.5. The molecule has 0 saturated carbocycles. The van der Waals surface area contributed by atoms with E-state index >= 15 is 0 Å². The summed E-state index contributed by atoms with van der Waals surface area (Å²) in [6, 6.07) is 29.3. The Morgan fingerprint density at radius 1 is 0.865 bits per heavy atom. The Kier molecular flexibility index (Phi) is 8.57. The number of nitrogens with one attached hydrogen (secondary N) is 1. The zero-order valence-corrected chi connectivity index (χ0v) is 21.3. The molecular weight excluding hydrogens is 462 g/mol. The standard InChI is InChI=1S/C32H33NO4/c1-22(2)20-29(28-16-8-11-23-10-6-7-15-27(23)28)32(36)33-30-21-26(37-25-13-4-3-5-14-25)19-18-24(30)12-9-17-31(34)35/h3-8,10-11,13-16,18-19,21-22,29H,9,12,17,20H2,1-2H3,(H,33,36)(H,34,35). The summed E-state index contributed by atoms with van der Waals surface area (Å²) in [5.74, 6) is 0.374. The lowest BCUT2D eigenvalue weighted by Crippen LogP contribution is -2.23. The molecule has 0 bridgehead atoms. The van der Waals surface area contributed by atoms with Crippen LogP contribution in [0.1, 0.15) is 50.2 Å². The van der Waals surface area contributed by atoms with Crippen LogP contribution in [0, 0.1) is 5.92 Å². The van der Waals surface area contributed by atoms with Gasteiger partial charge in [0, 0.05) is 18.2 Å². The summed E-state index contributed by atoms with van der Waals surface area (Å²) in [4.78, 5) is 24.9. The fourth-order valence-electron chi connectivity index (χ4n) is 4.63. The lowest BCUT2D eigenvalue weighted by Gasteiger charge is -2.22. The molecule has 0 fully saturated rings. The first kappa shape index (κ1) is 26.0. The fraction of sp³-hybridized carbons (Fsp3) is 0.250. The van der Waals surface area contributed by atoms with Gasteiger partial charge in [0.1, 0.15) is 11.5 Å².